The fourth-order valence-electron chi connectivity index (χ4n) is 4.24. The largest absolute Gasteiger partial charge is 0.467 e. The molecule has 1 aromatic rings. The van der Waals surface area contributed by atoms with Gasteiger partial charge in [-0.25, -0.2) is 9.59 Å². The fourth-order valence-corrected chi connectivity index (χ4v) is 4.24. The van der Waals surface area contributed by atoms with Crippen LogP contribution in [0.15, 0.2) is 30.3 Å². The molecule has 2 saturated heterocycles. The molecule has 31 heavy (non-hydrogen) atoms. The monoisotopic (exact) mass is 431 g/mol. The smallest absolute Gasteiger partial charge is 0.457 e. The van der Waals surface area contributed by atoms with Crippen molar-refractivity contribution < 1.29 is 28.4 Å². The maximum absolute atomic E-state index is 12.7. The first-order valence-electron chi connectivity index (χ1n) is 11.1. The molecule has 0 aromatic heterocycles. The molecular weight excluding hydrogens is 397 g/mol. The molecule has 2 aliphatic heterocycles. The molecule has 0 radical (unpaired) electrons. The molecule has 1 amide bonds. The number of nitrogens with zero attached hydrogens (tertiary/aromatic N) is 1. The van der Waals surface area contributed by atoms with Crippen LogP contribution in [0.3, 0.4) is 0 Å². The molecule has 0 saturated carbocycles. The Bertz CT molecular complexity index is 753. The Kier molecular flexibility index (Phi) is 7.32. The lowest BCUT2D eigenvalue weighted by molar-refractivity contribution is -0.146. The topological polar surface area (TPSA) is 74.3 Å². The number of rotatable bonds is 7. The fraction of sp³-hybridized carbons (Fsp3) is 0.652. The van der Waals surface area contributed by atoms with Gasteiger partial charge in [-0.1, -0.05) is 36.8 Å². The molecular formula is C23H34BNO6. The molecule has 7 nitrogen and oxygen atoms in total. The molecule has 1 aromatic carbocycles. The number of esters is 1. The standard InChI is InChI=1S/C23H34BNO6/c1-22(2)23(3,4)31-24(30-22)14-9-12-18-13-15-25(19(18)20(26)28-5)21(27)29-16-17-10-7-6-8-11-17/h6-8,10-11,18-19H,9,12-16H2,1-5H3/t18-,19-/m1/s1. The lowest BCUT2D eigenvalue weighted by atomic mass is 9.80. The van der Waals surface area contributed by atoms with E-state index in [-0.39, 0.29) is 30.8 Å². The number of methoxy groups -OCH3 is 1. The second-order valence-electron chi connectivity index (χ2n) is 9.37. The van der Waals surface area contributed by atoms with E-state index in [0.717, 1.165) is 31.1 Å². The summed E-state index contributed by atoms with van der Waals surface area (Å²) in [7, 11) is 1.10. The van der Waals surface area contributed by atoms with Crippen molar-refractivity contribution >= 4 is 19.2 Å². The van der Waals surface area contributed by atoms with Crippen LogP contribution < -0.4 is 0 Å². The number of hydrogen-bond acceptors (Lipinski definition) is 6. The van der Waals surface area contributed by atoms with Gasteiger partial charge >= 0.3 is 19.2 Å². The first kappa shape index (κ1) is 23.6. The number of amides is 1. The molecule has 2 aliphatic rings. The zero-order valence-corrected chi connectivity index (χ0v) is 19.3. The molecule has 0 aliphatic carbocycles. The Morgan fingerprint density at radius 1 is 1.13 bits per heavy atom. The summed E-state index contributed by atoms with van der Waals surface area (Å²) in [5.74, 6) is -0.367. The van der Waals surface area contributed by atoms with Crippen LogP contribution in [-0.4, -0.2) is 55.0 Å². The SMILES string of the molecule is COC(=O)[C@H]1[C@H](CCCB2OC(C)(C)C(C)(C)O2)CCN1C(=O)OCc1ccccc1. The number of benzene rings is 1. The van der Waals surface area contributed by atoms with Crippen LogP contribution in [0.4, 0.5) is 4.79 Å². The van der Waals surface area contributed by atoms with E-state index in [1.165, 1.54) is 12.0 Å². The van der Waals surface area contributed by atoms with Gasteiger partial charge in [-0.15, -0.1) is 0 Å². The number of likely N-dealkylation sites (tertiary alicyclic amines) is 1. The molecule has 170 valence electrons. The van der Waals surface area contributed by atoms with Crippen LogP contribution >= 0.6 is 0 Å². The summed E-state index contributed by atoms with van der Waals surface area (Å²) in [6.45, 7) is 8.81. The van der Waals surface area contributed by atoms with E-state index in [0.29, 0.717) is 6.54 Å². The van der Waals surface area contributed by atoms with Crippen molar-refractivity contribution in [3.05, 3.63) is 35.9 Å². The van der Waals surface area contributed by atoms with Crippen LogP contribution in [0, 0.1) is 5.92 Å². The van der Waals surface area contributed by atoms with E-state index in [1.54, 1.807) is 0 Å². The Morgan fingerprint density at radius 2 is 1.77 bits per heavy atom. The Balaban J connectivity index is 1.53. The second-order valence-corrected chi connectivity index (χ2v) is 9.37. The highest BCUT2D eigenvalue weighted by atomic mass is 16.7. The van der Waals surface area contributed by atoms with E-state index in [9.17, 15) is 9.59 Å². The maximum Gasteiger partial charge on any atom is 0.457 e. The number of carbonyl (C=O) groups is 2. The maximum atomic E-state index is 12.7. The van der Waals surface area contributed by atoms with Crippen LogP contribution in [0.1, 0.15) is 52.5 Å². The van der Waals surface area contributed by atoms with Crippen molar-refractivity contribution in [2.75, 3.05) is 13.7 Å². The van der Waals surface area contributed by atoms with Crippen molar-refractivity contribution in [3.8, 4) is 0 Å². The molecule has 0 spiro atoms. The summed E-state index contributed by atoms with van der Waals surface area (Å²) in [6, 6.07) is 8.87. The van der Waals surface area contributed by atoms with Gasteiger partial charge in [0.1, 0.15) is 12.6 Å². The third-order valence-electron chi connectivity index (χ3n) is 6.72. The third kappa shape index (κ3) is 5.41. The van der Waals surface area contributed by atoms with Crippen molar-refractivity contribution in [3.63, 3.8) is 0 Å². The summed E-state index contributed by atoms with van der Waals surface area (Å²) in [5.41, 5.74) is 0.209. The number of hydrogen-bond donors (Lipinski definition) is 0. The van der Waals surface area contributed by atoms with Crippen LogP contribution in [0.25, 0.3) is 0 Å². The summed E-state index contributed by atoms with van der Waals surface area (Å²) in [6.07, 6.45) is 2.63. The molecule has 3 rings (SSSR count). The van der Waals surface area contributed by atoms with Crippen molar-refractivity contribution in [1.29, 1.82) is 0 Å². The predicted molar refractivity (Wildman–Crippen MR) is 117 cm³/mol. The zero-order valence-electron chi connectivity index (χ0n) is 19.3. The molecule has 8 heteroatoms. The van der Waals surface area contributed by atoms with Crippen LogP contribution in [-0.2, 0) is 30.2 Å². The van der Waals surface area contributed by atoms with E-state index in [1.807, 2.05) is 58.0 Å². The van der Waals surface area contributed by atoms with Crippen LogP contribution in [0.2, 0.25) is 6.32 Å². The van der Waals surface area contributed by atoms with E-state index < -0.39 is 18.1 Å². The Morgan fingerprint density at radius 3 is 2.39 bits per heavy atom. The molecule has 0 unspecified atom stereocenters. The lowest BCUT2D eigenvalue weighted by Gasteiger charge is -2.32. The van der Waals surface area contributed by atoms with Gasteiger partial charge < -0.3 is 18.8 Å². The van der Waals surface area contributed by atoms with Crippen LogP contribution in [0.5, 0.6) is 0 Å². The highest BCUT2D eigenvalue weighted by Crippen LogP contribution is 2.39. The molecule has 2 heterocycles. The molecule has 0 N–H and O–H groups in total. The van der Waals surface area contributed by atoms with Crippen molar-refractivity contribution in [2.45, 2.75) is 77.1 Å². The number of carbonyl (C=O) groups excluding carboxylic acids is 2. The summed E-state index contributed by atoms with van der Waals surface area (Å²) < 4.78 is 22.6. The Hall–Kier alpha value is -2.06. The van der Waals surface area contributed by atoms with E-state index in [4.69, 9.17) is 18.8 Å². The quantitative estimate of drug-likeness (QED) is 0.479. The third-order valence-corrected chi connectivity index (χ3v) is 6.72. The first-order valence-corrected chi connectivity index (χ1v) is 11.1. The highest BCUT2D eigenvalue weighted by molar-refractivity contribution is 6.45. The van der Waals surface area contributed by atoms with Gasteiger partial charge in [0.15, 0.2) is 0 Å². The average molecular weight is 431 g/mol. The second kappa shape index (κ2) is 9.61. The summed E-state index contributed by atoms with van der Waals surface area (Å²) >= 11 is 0. The predicted octanol–water partition coefficient (Wildman–Crippen LogP) is 4.06. The zero-order chi connectivity index (χ0) is 22.6. The minimum Gasteiger partial charge on any atom is -0.467 e. The van der Waals surface area contributed by atoms with Gasteiger partial charge in [0.05, 0.1) is 18.3 Å². The normalized spacial score (nSPS) is 24.3. The van der Waals surface area contributed by atoms with E-state index in [2.05, 4.69) is 0 Å². The van der Waals surface area contributed by atoms with Gasteiger partial charge in [0, 0.05) is 6.54 Å². The highest BCUT2D eigenvalue weighted by Gasteiger charge is 2.51. The molecule has 2 atom stereocenters. The molecule has 2 fully saturated rings. The lowest BCUT2D eigenvalue weighted by Crippen LogP contribution is -2.44. The molecule has 0 bridgehead atoms. The number of ether oxygens (including phenoxy) is 2. The summed E-state index contributed by atoms with van der Waals surface area (Å²) in [5, 5.41) is 0. The van der Waals surface area contributed by atoms with Gasteiger partial charge in [-0.05, 0) is 58.3 Å². The van der Waals surface area contributed by atoms with Gasteiger partial charge in [0.25, 0.3) is 0 Å². The average Bonchev–Trinajstić information content (AvgIpc) is 3.23. The minimum atomic E-state index is -0.619. The van der Waals surface area contributed by atoms with E-state index >= 15 is 0 Å². The van der Waals surface area contributed by atoms with Crippen molar-refractivity contribution in [1.82, 2.24) is 4.90 Å². The van der Waals surface area contributed by atoms with Gasteiger partial charge in [0.2, 0.25) is 0 Å². The summed E-state index contributed by atoms with van der Waals surface area (Å²) in [4.78, 5) is 26.7. The van der Waals surface area contributed by atoms with Gasteiger partial charge in [-0.3, -0.25) is 4.90 Å². The Labute approximate surface area is 185 Å². The minimum absolute atomic E-state index is 0.0270. The van der Waals surface area contributed by atoms with Gasteiger partial charge in [-0.2, -0.15) is 0 Å². The first-order chi connectivity index (χ1) is 14.6. The van der Waals surface area contributed by atoms with Crippen molar-refractivity contribution in [2.24, 2.45) is 5.92 Å².